The second kappa shape index (κ2) is 7.87. The Balaban J connectivity index is 0.00000196. The van der Waals surface area contributed by atoms with Crippen molar-refractivity contribution in [2.24, 2.45) is 5.92 Å². The molecule has 138 valence electrons. The van der Waals surface area contributed by atoms with E-state index in [1.54, 1.807) is 12.1 Å². The van der Waals surface area contributed by atoms with Gasteiger partial charge in [-0.25, -0.2) is 4.39 Å². The molecule has 1 aliphatic heterocycles. The van der Waals surface area contributed by atoms with Crippen LogP contribution in [0.15, 0.2) is 54.6 Å². The van der Waals surface area contributed by atoms with Gasteiger partial charge in [0.05, 0.1) is 0 Å². The summed E-state index contributed by atoms with van der Waals surface area (Å²) in [5.41, 5.74) is 1.18. The Morgan fingerprint density at radius 3 is 2.35 bits per heavy atom. The molecule has 4 nitrogen and oxygen atoms in total. The SMILES string of the molecule is O.O=C(C1CC1)N1CCC(Oc2ccc(F)cc2)C(c2ccccc2)C1. The van der Waals surface area contributed by atoms with Crippen LogP contribution in [0.3, 0.4) is 0 Å². The molecule has 0 radical (unpaired) electrons. The van der Waals surface area contributed by atoms with E-state index in [1.165, 1.54) is 17.7 Å². The molecule has 2 aromatic rings. The highest BCUT2D eigenvalue weighted by atomic mass is 19.1. The second-order valence-corrected chi connectivity index (χ2v) is 6.97. The third-order valence-corrected chi connectivity index (χ3v) is 5.12. The first-order valence-electron chi connectivity index (χ1n) is 8.96. The number of rotatable bonds is 4. The van der Waals surface area contributed by atoms with Gasteiger partial charge in [-0.05, 0) is 42.7 Å². The molecule has 1 saturated heterocycles. The highest BCUT2D eigenvalue weighted by Crippen LogP contribution is 2.35. The third-order valence-electron chi connectivity index (χ3n) is 5.12. The molecule has 2 aliphatic rings. The van der Waals surface area contributed by atoms with Crippen molar-refractivity contribution < 1.29 is 19.4 Å². The Morgan fingerprint density at radius 1 is 1.00 bits per heavy atom. The number of ether oxygens (including phenoxy) is 1. The van der Waals surface area contributed by atoms with E-state index in [2.05, 4.69) is 12.1 Å². The lowest BCUT2D eigenvalue weighted by molar-refractivity contribution is -0.134. The standard InChI is InChI=1S/C21H22FNO2.H2O/c22-17-8-10-18(11-9-17)25-20-12-13-23(21(24)16-6-7-16)14-19(20)15-4-2-1-3-5-15;/h1-5,8-11,16,19-20H,6-7,12-14H2;1H2. The number of hydrogen-bond acceptors (Lipinski definition) is 2. The minimum absolute atomic E-state index is 0. The highest BCUT2D eigenvalue weighted by molar-refractivity contribution is 5.81. The Morgan fingerprint density at radius 2 is 1.69 bits per heavy atom. The predicted molar refractivity (Wildman–Crippen MR) is 97.5 cm³/mol. The molecular formula is C21H24FNO3. The molecule has 1 heterocycles. The molecule has 2 atom stereocenters. The predicted octanol–water partition coefficient (Wildman–Crippen LogP) is 3.17. The fourth-order valence-electron chi connectivity index (χ4n) is 3.57. The lowest BCUT2D eigenvalue weighted by atomic mass is 9.87. The molecule has 2 unspecified atom stereocenters. The van der Waals surface area contributed by atoms with Crippen molar-refractivity contribution in [2.75, 3.05) is 13.1 Å². The van der Waals surface area contributed by atoms with Gasteiger partial charge >= 0.3 is 0 Å². The summed E-state index contributed by atoms with van der Waals surface area (Å²) >= 11 is 0. The van der Waals surface area contributed by atoms with E-state index < -0.39 is 0 Å². The van der Waals surface area contributed by atoms with Crippen LogP contribution in [0.1, 0.15) is 30.7 Å². The van der Waals surface area contributed by atoms with Gasteiger partial charge in [-0.1, -0.05) is 30.3 Å². The van der Waals surface area contributed by atoms with Gasteiger partial charge < -0.3 is 15.1 Å². The molecule has 5 heteroatoms. The summed E-state index contributed by atoms with van der Waals surface area (Å²) < 4.78 is 19.3. The van der Waals surface area contributed by atoms with Crippen molar-refractivity contribution >= 4 is 5.91 Å². The second-order valence-electron chi connectivity index (χ2n) is 6.97. The molecule has 0 bridgehead atoms. The topological polar surface area (TPSA) is 61.0 Å². The molecule has 4 rings (SSSR count). The number of halogens is 1. The average Bonchev–Trinajstić information content (AvgIpc) is 3.49. The molecular weight excluding hydrogens is 333 g/mol. The van der Waals surface area contributed by atoms with Crippen LogP contribution in [0.25, 0.3) is 0 Å². The van der Waals surface area contributed by atoms with E-state index in [4.69, 9.17) is 4.74 Å². The molecule has 0 aromatic heterocycles. The summed E-state index contributed by atoms with van der Waals surface area (Å²) in [6.07, 6.45) is 2.83. The number of likely N-dealkylation sites (tertiary alicyclic amines) is 1. The quantitative estimate of drug-likeness (QED) is 0.844. The Hall–Kier alpha value is -2.40. The minimum Gasteiger partial charge on any atom is -0.490 e. The zero-order valence-corrected chi connectivity index (χ0v) is 14.6. The number of nitrogens with zero attached hydrogens (tertiary/aromatic N) is 1. The van der Waals surface area contributed by atoms with E-state index >= 15 is 0 Å². The van der Waals surface area contributed by atoms with Crippen molar-refractivity contribution in [1.29, 1.82) is 0 Å². The van der Waals surface area contributed by atoms with Gasteiger partial charge in [0.1, 0.15) is 17.7 Å². The number of carbonyl (C=O) groups is 1. The van der Waals surface area contributed by atoms with Gasteiger partial charge in [0.2, 0.25) is 5.91 Å². The zero-order chi connectivity index (χ0) is 17.2. The van der Waals surface area contributed by atoms with E-state index in [1.807, 2.05) is 23.1 Å². The maximum absolute atomic E-state index is 13.1. The maximum Gasteiger partial charge on any atom is 0.225 e. The summed E-state index contributed by atoms with van der Waals surface area (Å²) in [7, 11) is 0. The molecule has 2 N–H and O–H groups in total. The van der Waals surface area contributed by atoms with Crippen LogP contribution in [0.5, 0.6) is 5.75 Å². The lowest BCUT2D eigenvalue weighted by Crippen LogP contribution is -2.47. The molecule has 1 aliphatic carbocycles. The monoisotopic (exact) mass is 357 g/mol. The summed E-state index contributed by atoms with van der Waals surface area (Å²) in [4.78, 5) is 14.5. The minimum atomic E-state index is -0.267. The highest BCUT2D eigenvalue weighted by Gasteiger charge is 2.39. The smallest absolute Gasteiger partial charge is 0.225 e. The largest absolute Gasteiger partial charge is 0.490 e. The molecule has 1 saturated carbocycles. The first-order chi connectivity index (χ1) is 12.2. The summed E-state index contributed by atoms with van der Waals surface area (Å²) in [6.45, 7) is 1.41. The van der Waals surface area contributed by atoms with Crippen LogP contribution in [0.4, 0.5) is 4.39 Å². The van der Waals surface area contributed by atoms with Crippen molar-refractivity contribution in [3.8, 4) is 5.75 Å². The Labute approximate surface area is 152 Å². The number of hydrogen-bond donors (Lipinski definition) is 0. The summed E-state index contributed by atoms with van der Waals surface area (Å²) in [5.74, 6) is 1.07. The molecule has 26 heavy (non-hydrogen) atoms. The third kappa shape index (κ3) is 4.05. The van der Waals surface area contributed by atoms with Gasteiger partial charge in [0.25, 0.3) is 0 Å². The van der Waals surface area contributed by atoms with Crippen molar-refractivity contribution in [3.63, 3.8) is 0 Å². The van der Waals surface area contributed by atoms with Crippen molar-refractivity contribution in [2.45, 2.75) is 31.3 Å². The van der Waals surface area contributed by atoms with Gasteiger partial charge in [0, 0.05) is 31.3 Å². The maximum atomic E-state index is 13.1. The van der Waals surface area contributed by atoms with E-state index in [9.17, 15) is 9.18 Å². The molecule has 1 amide bonds. The van der Waals surface area contributed by atoms with Crippen LogP contribution >= 0.6 is 0 Å². The molecule has 2 aromatic carbocycles. The summed E-state index contributed by atoms with van der Waals surface area (Å²) in [5, 5.41) is 0. The fourth-order valence-corrected chi connectivity index (χ4v) is 3.57. The fraction of sp³-hybridized carbons (Fsp3) is 0.381. The van der Waals surface area contributed by atoms with Crippen LogP contribution < -0.4 is 4.74 Å². The normalized spacial score (nSPS) is 22.4. The average molecular weight is 357 g/mol. The summed E-state index contributed by atoms with van der Waals surface area (Å²) in [6, 6.07) is 16.4. The first-order valence-corrected chi connectivity index (χ1v) is 8.96. The molecule has 0 spiro atoms. The van der Waals surface area contributed by atoms with E-state index in [0.29, 0.717) is 18.2 Å². The number of amides is 1. The van der Waals surface area contributed by atoms with E-state index in [0.717, 1.165) is 25.8 Å². The molecule has 2 fully saturated rings. The van der Waals surface area contributed by atoms with Gasteiger partial charge in [-0.2, -0.15) is 0 Å². The number of carbonyl (C=O) groups excluding carboxylic acids is 1. The zero-order valence-electron chi connectivity index (χ0n) is 14.6. The Kier molecular flexibility index (Phi) is 5.57. The van der Waals surface area contributed by atoms with Crippen LogP contribution in [-0.4, -0.2) is 35.5 Å². The van der Waals surface area contributed by atoms with Crippen LogP contribution in [0, 0.1) is 11.7 Å². The number of piperidine rings is 1. The van der Waals surface area contributed by atoms with Crippen LogP contribution in [-0.2, 0) is 4.79 Å². The van der Waals surface area contributed by atoms with E-state index in [-0.39, 0.29) is 29.2 Å². The van der Waals surface area contributed by atoms with Gasteiger partial charge in [0.15, 0.2) is 0 Å². The first kappa shape index (κ1) is 18.4. The van der Waals surface area contributed by atoms with Crippen molar-refractivity contribution in [1.82, 2.24) is 4.90 Å². The van der Waals surface area contributed by atoms with Crippen LogP contribution in [0.2, 0.25) is 0 Å². The van der Waals surface area contributed by atoms with Gasteiger partial charge in [-0.15, -0.1) is 0 Å². The Bertz CT molecular complexity index is 731. The number of benzene rings is 2. The lowest BCUT2D eigenvalue weighted by Gasteiger charge is -2.39. The van der Waals surface area contributed by atoms with Crippen molar-refractivity contribution in [3.05, 3.63) is 66.0 Å². The van der Waals surface area contributed by atoms with Gasteiger partial charge in [-0.3, -0.25) is 4.79 Å².